The minimum Gasteiger partial charge on any atom is -0.378 e. The van der Waals surface area contributed by atoms with Crippen LogP contribution in [0, 0.1) is 5.92 Å². The maximum absolute atomic E-state index is 6.46. The van der Waals surface area contributed by atoms with E-state index >= 15 is 0 Å². The van der Waals surface area contributed by atoms with E-state index in [4.69, 9.17) is 9.47 Å². The highest BCUT2D eigenvalue weighted by Crippen LogP contribution is 2.49. The lowest BCUT2D eigenvalue weighted by molar-refractivity contribution is -0.258. The van der Waals surface area contributed by atoms with Crippen LogP contribution >= 0.6 is 0 Å². The Morgan fingerprint density at radius 3 is 2.69 bits per heavy atom. The topological polar surface area (TPSA) is 18.5 Å². The van der Waals surface area contributed by atoms with Crippen LogP contribution in [-0.2, 0) is 9.47 Å². The quantitative estimate of drug-likeness (QED) is 0.733. The first kappa shape index (κ1) is 12.4. The second-order valence-electron chi connectivity index (χ2n) is 6.11. The molecular weight excluding hydrogens is 200 g/mol. The lowest BCUT2D eigenvalue weighted by Crippen LogP contribution is -2.57. The van der Waals surface area contributed by atoms with Crippen molar-refractivity contribution in [3.8, 4) is 0 Å². The molecule has 0 aromatic rings. The lowest BCUT2D eigenvalue weighted by atomic mass is 9.70. The summed E-state index contributed by atoms with van der Waals surface area (Å²) in [7, 11) is 0. The molecule has 0 spiro atoms. The number of hydrogen-bond donors (Lipinski definition) is 0. The van der Waals surface area contributed by atoms with Crippen LogP contribution in [0.3, 0.4) is 0 Å². The fourth-order valence-electron chi connectivity index (χ4n) is 3.58. The summed E-state index contributed by atoms with van der Waals surface area (Å²) in [6.07, 6.45) is 6.30. The number of fused-ring (bicyclic) bond motifs is 2. The molecule has 0 aliphatic carbocycles. The highest BCUT2D eigenvalue weighted by molar-refractivity contribution is 5.01. The maximum Gasteiger partial charge on any atom is 0.0737 e. The standard InChI is InChI=1S/C14H26O2/c1-5-15-12-9-13(4)7-6-8-14(10-12,16-13)11(2)3/h11-12H,5-10H2,1-4H3/t12-,13-,14+/m1/s1. The van der Waals surface area contributed by atoms with Gasteiger partial charge in [-0.05, 0) is 39.0 Å². The van der Waals surface area contributed by atoms with Crippen LogP contribution in [0.5, 0.6) is 0 Å². The molecule has 0 amide bonds. The molecule has 0 N–H and O–H groups in total. The van der Waals surface area contributed by atoms with Crippen molar-refractivity contribution in [2.75, 3.05) is 6.61 Å². The van der Waals surface area contributed by atoms with Crippen LogP contribution in [0.1, 0.15) is 59.8 Å². The molecule has 3 atom stereocenters. The van der Waals surface area contributed by atoms with Crippen molar-refractivity contribution in [3.63, 3.8) is 0 Å². The summed E-state index contributed by atoms with van der Waals surface area (Å²) in [6.45, 7) is 9.78. The Morgan fingerprint density at radius 1 is 1.31 bits per heavy atom. The van der Waals surface area contributed by atoms with Crippen LogP contribution in [0.4, 0.5) is 0 Å². The Bertz CT molecular complexity index is 251. The summed E-state index contributed by atoms with van der Waals surface area (Å²) in [5.74, 6) is 0.593. The molecule has 2 rings (SSSR count). The van der Waals surface area contributed by atoms with Gasteiger partial charge in [-0.1, -0.05) is 13.8 Å². The number of ether oxygens (including phenoxy) is 2. The van der Waals surface area contributed by atoms with E-state index in [0.717, 1.165) is 19.4 Å². The van der Waals surface area contributed by atoms with E-state index in [0.29, 0.717) is 12.0 Å². The van der Waals surface area contributed by atoms with Gasteiger partial charge in [0.15, 0.2) is 0 Å². The third kappa shape index (κ3) is 2.14. The minimum atomic E-state index is 0.0700. The zero-order valence-corrected chi connectivity index (χ0v) is 11.2. The Morgan fingerprint density at radius 2 is 2.06 bits per heavy atom. The van der Waals surface area contributed by atoms with Crippen LogP contribution in [0.15, 0.2) is 0 Å². The average Bonchev–Trinajstić information content (AvgIpc) is 2.15. The third-order valence-electron chi connectivity index (χ3n) is 4.44. The molecule has 16 heavy (non-hydrogen) atoms. The van der Waals surface area contributed by atoms with Gasteiger partial charge in [-0.3, -0.25) is 0 Å². The van der Waals surface area contributed by atoms with E-state index in [1.165, 1.54) is 19.3 Å². The van der Waals surface area contributed by atoms with Crippen LogP contribution < -0.4 is 0 Å². The van der Waals surface area contributed by atoms with Gasteiger partial charge < -0.3 is 9.47 Å². The van der Waals surface area contributed by atoms with Gasteiger partial charge in [0.25, 0.3) is 0 Å². The predicted molar refractivity (Wildman–Crippen MR) is 65.6 cm³/mol. The Hall–Kier alpha value is -0.0800. The molecule has 2 saturated heterocycles. The van der Waals surface area contributed by atoms with Gasteiger partial charge in [0.05, 0.1) is 17.3 Å². The molecular formula is C14H26O2. The molecule has 2 fully saturated rings. The van der Waals surface area contributed by atoms with E-state index < -0.39 is 0 Å². The van der Waals surface area contributed by atoms with Crippen molar-refractivity contribution < 1.29 is 9.47 Å². The van der Waals surface area contributed by atoms with E-state index in [1.807, 2.05) is 0 Å². The van der Waals surface area contributed by atoms with Crippen molar-refractivity contribution in [2.24, 2.45) is 5.92 Å². The first-order chi connectivity index (χ1) is 7.50. The minimum absolute atomic E-state index is 0.0700. The fraction of sp³-hybridized carbons (Fsp3) is 1.00. The summed E-state index contributed by atoms with van der Waals surface area (Å²) in [6, 6.07) is 0. The zero-order valence-electron chi connectivity index (χ0n) is 11.2. The van der Waals surface area contributed by atoms with E-state index in [2.05, 4.69) is 27.7 Å². The highest BCUT2D eigenvalue weighted by atomic mass is 16.5. The summed E-state index contributed by atoms with van der Waals surface area (Å²) in [5, 5.41) is 0. The van der Waals surface area contributed by atoms with E-state index in [9.17, 15) is 0 Å². The van der Waals surface area contributed by atoms with Crippen LogP contribution in [-0.4, -0.2) is 23.9 Å². The molecule has 0 radical (unpaired) electrons. The second kappa shape index (κ2) is 4.30. The first-order valence-corrected chi connectivity index (χ1v) is 6.81. The number of hydrogen-bond acceptors (Lipinski definition) is 2. The van der Waals surface area contributed by atoms with Gasteiger partial charge in [-0.25, -0.2) is 0 Å². The molecule has 94 valence electrons. The smallest absolute Gasteiger partial charge is 0.0737 e. The molecule has 0 saturated carbocycles. The van der Waals surface area contributed by atoms with Gasteiger partial charge in [-0.15, -0.1) is 0 Å². The summed E-state index contributed by atoms with van der Waals surface area (Å²) in [5.41, 5.74) is 0.158. The Balaban J connectivity index is 2.18. The normalized spacial score (nSPS) is 43.7. The average molecular weight is 226 g/mol. The summed E-state index contributed by atoms with van der Waals surface area (Å²) < 4.78 is 12.3. The number of rotatable bonds is 3. The van der Waals surface area contributed by atoms with Gasteiger partial charge in [0.2, 0.25) is 0 Å². The predicted octanol–water partition coefficient (Wildman–Crippen LogP) is 3.54. The van der Waals surface area contributed by atoms with Gasteiger partial charge >= 0.3 is 0 Å². The molecule has 0 aromatic carbocycles. The van der Waals surface area contributed by atoms with Gasteiger partial charge in [0, 0.05) is 19.4 Å². The molecule has 0 aromatic heterocycles. The zero-order chi connectivity index (χ0) is 11.8. The van der Waals surface area contributed by atoms with Crippen molar-refractivity contribution >= 4 is 0 Å². The van der Waals surface area contributed by atoms with Gasteiger partial charge in [-0.2, -0.15) is 0 Å². The van der Waals surface area contributed by atoms with Gasteiger partial charge in [0.1, 0.15) is 0 Å². The lowest BCUT2D eigenvalue weighted by Gasteiger charge is -2.55. The Kier molecular flexibility index (Phi) is 3.33. The third-order valence-corrected chi connectivity index (χ3v) is 4.44. The van der Waals surface area contributed by atoms with E-state index in [-0.39, 0.29) is 11.2 Å². The van der Waals surface area contributed by atoms with Crippen molar-refractivity contribution in [2.45, 2.75) is 77.1 Å². The molecule has 2 heterocycles. The summed E-state index contributed by atoms with van der Waals surface area (Å²) in [4.78, 5) is 0. The molecule has 0 unspecified atom stereocenters. The largest absolute Gasteiger partial charge is 0.378 e. The Labute approximate surface area is 99.7 Å². The first-order valence-electron chi connectivity index (χ1n) is 6.81. The van der Waals surface area contributed by atoms with E-state index in [1.54, 1.807) is 0 Å². The molecule has 2 aliphatic heterocycles. The molecule has 2 aliphatic rings. The molecule has 2 nitrogen and oxygen atoms in total. The highest BCUT2D eigenvalue weighted by Gasteiger charge is 2.51. The van der Waals surface area contributed by atoms with Crippen LogP contribution in [0.2, 0.25) is 0 Å². The monoisotopic (exact) mass is 226 g/mol. The molecule has 2 heteroatoms. The fourth-order valence-corrected chi connectivity index (χ4v) is 3.58. The maximum atomic E-state index is 6.46. The van der Waals surface area contributed by atoms with Crippen molar-refractivity contribution in [1.82, 2.24) is 0 Å². The molecule has 2 bridgehead atoms. The second-order valence-corrected chi connectivity index (χ2v) is 6.11. The summed E-state index contributed by atoms with van der Waals surface area (Å²) >= 11 is 0. The SMILES string of the molecule is CCO[C@@H]1C[C@@]2(C)CCC[C@@](C(C)C)(C1)O2. The van der Waals surface area contributed by atoms with Crippen molar-refractivity contribution in [3.05, 3.63) is 0 Å². The van der Waals surface area contributed by atoms with Crippen molar-refractivity contribution in [1.29, 1.82) is 0 Å². The van der Waals surface area contributed by atoms with Crippen LogP contribution in [0.25, 0.3) is 0 Å².